The van der Waals surface area contributed by atoms with E-state index in [2.05, 4.69) is 30.4 Å². The van der Waals surface area contributed by atoms with Gasteiger partial charge in [-0.15, -0.1) is 0 Å². The quantitative estimate of drug-likeness (QED) is 0.817. The Morgan fingerprint density at radius 1 is 1.50 bits per heavy atom. The minimum Gasteiger partial charge on any atom is -0.489 e. The van der Waals surface area contributed by atoms with Crippen molar-refractivity contribution in [1.29, 1.82) is 0 Å². The van der Waals surface area contributed by atoms with Crippen molar-refractivity contribution in [3.05, 3.63) is 23.8 Å². The van der Waals surface area contributed by atoms with Crippen LogP contribution < -0.4 is 15.8 Å². The van der Waals surface area contributed by atoms with E-state index in [1.54, 1.807) is 0 Å². The van der Waals surface area contributed by atoms with Crippen molar-refractivity contribution in [3.8, 4) is 5.75 Å². The predicted octanol–water partition coefficient (Wildman–Crippen LogP) is 2.16. The molecule has 3 nitrogen and oxygen atoms in total. The first-order valence-corrected chi connectivity index (χ1v) is 6.05. The molecule has 1 unspecified atom stereocenters. The maximum absolute atomic E-state index is 5.73. The molecule has 1 aromatic rings. The first-order chi connectivity index (χ1) is 7.83. The molecule has 3 heteroatoms. The number of rotatable bonds is 4. The summed E-state index contributed by atoms with van der Waals surface area (Å²) >= 11 is 0. The number of nitrogens with two attached hydrogens (primary N) is 1. The molecule has 0 bridgehead atoms. The van der Waals surface area contributed by atoms with E-state index in [9.17, 15) is 0 Å². The van der Waals surface area contributed by atoms with E-state index in [-0.39, 0.29) is 0 Å². The van der Waals surface area contributed by atoms with E-state index in [1.165, 1.54) is 5.56 Å². The van der Waals surface area contributed by atoms with Gasteiger partial charge in [-0.1, -0.05) is 13.0 Å². The van der Waals surface area contributed by atoms with Crippen molar-refractivity contribution >= 4 is 5.69 Å². The van der Waals surface area contributed by atoms with E-state index in [0.717, 1.165) is 43.9 Å². The molecule has 0 saturated heterocycles. The van der Waals surface area contributed by atoms with Crippen molar-refractivity contribution in [2.75, 3.05) is 18.5 Å². The van der Waals surface area contributed by atoms with Gasteiger partial charge >= 0.3 is 0 Å². The smallest absolute Gasteiger partial charge is 0.142 e. The molecule has 0 saturated carbocycles. The Morgan fingerprint density at radius 3 is 3.12 bits per heavy atom. The largest absolute Gasteiger partial charge is 0.489 e. The van der Waals surface area contributed by atoms with Gasteiger partial charge in [0.15, 0.2) is 0 Å². The van der Waals surface area contributed by atoms with Gasteiger partial charge in [-0.05, 0) is 43.5 Å². The molecule has 1 aliphatic heterocycles. The van der Waals surface area contributed by atoms with E-state index in [4.69, 9.17) is 10.5 Å². The summed E-state index contributed by atoms with van der Waals surface area (Å²) < 4.78 is 5.73. The zero-order chi connectivity index (χ0) is 11.4. The summed E-state index contributed by atoms with van der Waals surface area (Å²) in [6, 6.07) is 6.77. The number of hydrogen-bond acceptors (Lipinski definition) is 3. The molecule has 88 valence electrons. The fourth-order valence-electron chi connectivity index (χ4n) is 2.01. The first kappa shape index (κ1) is 11.3. The normalized spacial score (nSPS) is 18.5. The standard InChI is InChI=1S/C13H20N2O/c1-2-10-5-6-13-12(8-10)15-11(9-16-13)4-3-7-14/h5-6,8,11,15H,2-4,7,9,14H2,1H3. The Balaban J connectivity index is 2.06. The topological polar surface area (TPSA) is 47.3 Å². The van der Waals surface area contributed by atoms with Crippen LogP contribution in [0.2, 0.25) is 0 Å². The fourth-order valence-corrected chi connectivity index (χ4v) is 2.01. The molecule has 3 N–H and O–H groups in total. The van der Waals surface area contributed by atoms with Crippen LogP contribution in [0, 0.1) is 0 Å². The average molecular weight is 220 g/mol. The van der Waals surface area contributed by atoms with Crippen LogP contribution in [-0.2, 0) is 6.42 Å². The maximum Gasteiger partial charge on any atom is 0.142 e. The highest BCUT2D eigenvalue weighted by Crippen LogP contribution is 2.30. The Kier molecular flexibility index (Phi) is 3.67. The molecular formula is C13H20N2O. The van der Waals surface area contributed by atoms with Crippen LogP contribution in [0.3, 0.4) is 0 Å². The van der Waals surface area contributed by atoms with E-state index < -0.39 is 0 Å². The lowest BCUT2D eigenvalue weighted by Crippen LogP contribution is -2.31. The minimum atomic E-state index is 0.406. The number of nitrogens with one attached hydrogen (secondary N) is 1. The van der Waals surface area contributed by atoms with E-state index in [0.29, 0.717) is 6.04 Å². The van der Waals surface area contributed by atoms with Gasteiger partial charge in [0, 0.05) is 0 Å². The highest BCUT2D eigenvalue weighted by Gasteiger charge is 2.18. The van der Waals surface area contributed by atoms with Crippen molar-refractivity contribution in [3.63, 3.8) is 0 Å². The molecular weight excluding hydrogens is 200 g/mol. The van der Waals surface area contributed by atoms with Gasteiger partial charge in [0.1, 0.15) is 12.4 Å². The van der Waals surface area contributed by atoms with Crippen molar-refractivity contribution in [2.45, 2.75) is 32.2 Å². The van der Waals surface area contributed by atoms with Gasteiger partial charge in [0.2, 0.25) is 0 Å². The average Bonchev–Trinajstić information content (AvgIpc) is 2.35. The minimum absolute atomic E-state index is 0.406. The van der Waals surface area contributed by atoms with Crippen molar-refractivity contribution < 1.29 is 4.74 Å². The van der Waals surface area contributed by atoms with E-state index >= 15 is 0 Å². The fraction of sp³-hybridized carbons (Fsp3) is 0.538. The van der Waals surface area contributed by atoms with Crippen molar-refractivity contribution in [1.82, 2.24) is 0 Å². The monoisotopic (exact) mass is 220 g/mol. The summed E-state index contributed by atoms with van der Waals surface area (Å²) in [6.45, 7) is 3.66. The maximum atomic E-state index is 5.73. The summed E-state index contributed by atoms with van der Waals surface area (Å²) in [6.07, 6.45) is 3.18. The Morgan fingerprint density at radius 2 is 2.38 bits per heavy atom. The molecule has 16 heavy (non-hydrogen) atoms. The second kappa shape index (κ2) is 5.21. The van der Waals surface area contributed by atoms with Gasteiger partial charge in [0.25, 0.3) is 0 Å². The summed E-state index contributed by atoms with van der Waals surface area (Å²) in [5.74, 6) is 0.973. The number of benzene rings is 1. The molecule has 0 spiro atoms. The van der Waals surface area contributed by atoms with Gasteiger partial charge < -0.3 is 15.8 Å². The van der Waals surface area contributed by atoms with Crippen LogP contribution in [0.4, 0.5) is 5.69 Å². The Bertz CT molecular complexity index is 352. The van der Waals surface area contributed by atoms with Crippen LogP contribution in [-0.4, -0.2) is 19.2 Å². The molecule has 1 aromatic carbocycles. The van der Waals surface area contributed by atoms with Crippen LogP contribution in [0.1, 0.15) is 25.3 Å². The number of fused-ring (bicyclic) bond motifs is 1. The lowest BCUT2D eigenvalue weighted by Gasteiger charge is -2.27. The van der Waals surface area contributed by atoms with E-state index in [1.807, 2.05) is 0 Å². The number of anilines is 1. The van der Waals surface area contributed by atoms with Gasteiger partial charge in [-0.25, -0.2) is 0 Å². The van der Waals surface area contributed by atoms with Gasteiger partial charge in [0.05, 0.1) is 11.7 Å². The van der Waals surface area contributed by atoms with Crippen LogP contribution in [0.15, 0.2) is 18.2 Å². The van der Waals surface area contributed by atoms with Crippen LogP contribution in [0.25, 0.3) is 0 Å². The summed E-state index contributed by atoms with van der Waals surface area (Å²) in [4.78, 5) is 0. The third kappa shape index (κ3) is 2.47. The van der Waals surface area contributed by atoms with Gasteiger partial charge in [-0.3, -0.25) is 0 Å². The molecule has 1 atom stereocenters. The molecule has 2 rings (SSSR count). The molecule has 0 fully saturated rings. The molecule has 1 heterocycles. The number of ether oxygens (including phenoxy) is 1. The molecule has 0 radical (unpaired) electrons. The zero-order valence-corrected chi connectivity index (χ0v) is 9.83. The summed E-state index contributed by atoms with van der Waals surface area (Å²) in [5.41, 5.74) is 7.99. The predicted molar refractivity (Wildman–Crippen MR) is 67.0 cm³/mol. The Labute approximate surface area is 97.0 Å². The van der Waals surface area contributed by atoms with Crippen LogP contribution in [0.5, 0.6) is 5.75 Å². The Hall–Kier alpha value is -1.22. The third-order valence-corrected chi connectivity index (χ3v) is 3.01. The number of hydrogen-bond donors (Lipinski definition) is 2. The summed E-state index contributed by atoms with van der Waals surface area (Å²) in [5, 5.41) is 3.53. The molecule has 0 aliphatic carbocycles. The van der Waals surface area contributed by atoms with Crippen molar-refractivity contribution in [2.24, 2.45) is 5.73 Å². The second-order valence-corrected chi connectivity index (χ2v) is 4.27. The van der Waals surface area contributed by atoms with Gasteiger partial charge in [-0.2, -0.15) is 0 Å². The summed E-state index contributed by atoms with van der Waals surface area (Å²) in [7, 11) is 0. The van der Waals surface area contributed by atoms with Crippen LogP contribution >= 0.6 is 0 Å². The number of aryl methyl sites for hydroxylation is 1. The highest BCUT2D eigenvalue weighted by atomic mass is 16.5. The lowest BCUT2D eigenvalue weighted by atomic mass is 10.1. The highest BCUT2D eigenvalue weighted by molar-refractivity contribution is 5.60. The molecule has 0 amide bonds. The molecule has 1 aliphatic rings. The second-order valence-electron chi connectivity index (χ2n) is 4.27. The first-order valence-electron chi connectivity index (χ1n) is 6.05. The SMILES string of the molecule is CCc1ccc2c(c1)NC(CCCN)CO2. The third-order valence-electron chi connectivity index (χ3n) is 3.01. The molecule has 0 aromatic heterocycles. The lowest BCUT2D eigenvalue weighted by molar-refractivity contribution is 0.277. The zero-order valence-electron chi connectivity index (χ0n) is 9.83.